The van der Waals surface area contributed by atoms with Gasteiger partial charge in [0.25, 0.3) is 0 Å². The van der Waals surface area contributed by atoms with Crippen molar-refractivity contribution >= 4 is 21.7 Å². The number of nitrogens with zero attached hydrogens (tertiary/aromatic N) is 1. The van der Waals surface area contributed by atoms with E-state index < -0.39 is 5.82 Å². The molecule has 2 rings (SSSR count). The fourth-order valence-electron chi connectivity index (χ4n) is 1.46. The summed E-state index contributed by atoms with van der Waals surface area (Å²) in [4.78, 5) is 0. The number of aromatic hydroxyl groups is 1. The maximum absolute atomic E-state index is 13.6. The number of aromatic amines is 1. The predicted molar refractivity (Wildman–Crippen MR) is 64.3 cm³/mol. The van der Waals surface area contributed by atoms with Gasteiger partial charge in [-0.1, -0.05) is 0 Å². The second kappa shape index (κ2) is 4.25. The standard InChI is InChI=1S/C10H9BrFN3O2/c1-17-10-8(12)5(11)2-4(9(10)16)6-3-7(13)15-14-6/h2-3,16H,1H3,(H3,13,14,15). The molecular formula is C10H9BrFN3O2. The molecule has 90 valence electrons. The summed E-state index contributed by atoms with van der Waals surface area (Å²) >= 11 is 3.04. The summed E-state index contributed by atoms with van der Waals surface area (Å²) in [6.07, 6.45) is 0. The van der Waals surface area contributed by atoms with E-state index in [9.17, 15) is 9.50 Å². The van der Waals surface area contributed by atoms with Crippen LogP contribution in [0.5, 0.6) is 11.5 Å². The lowest BCUT2D eigenvalue weighted by Crippen LogP contribution is -1.92. The maximum atomic E-state index is 13.6. The highest BCUT2D eigenvalue weighted by molar-refractivity contribution is 9.10. The lowest BCUT2D eigenvalue weighted by Gasteiger charge is -2.10. The van der Waals surface area contributed by atoms with Crippen molar-refractivity contribution in [1.82, 2.24) is 10.2 Å². The molecule has 1 aromatic heterocycles. The van der Waals surface area contributed by atoms with E-state index in [4.69, 9.17) is 10.5 Å². The molecule has 0 aliphatic heterocycles. The third kappa shape index (κ3) is 1.93. The van der Waals surface area contributed by atoms with Gasteiger partial charge in [0.1, 0.15) is 5.82 Å². The zero-order valence-corrected chi connectivity index (χ0v) is 10.4. The number of anilines is 1. The smallest absolute Gasteiger partial charge is 0.198 e. The third-order valence-corrected chi connectivity index (χ3v) is 2.82. The number of hydrogen-bond acceptors (Lipinski definition) is 4. The minimum absolute atomic E-state index is 0.176. The average Bonchev–Trinajstić information content (AvgIpc) is 2.71. The van der Waals surface area contributed by atoms with Gasteiger partial charge in [0.05, 0.1) is 17.3 Å². The number of nitrogens with two attached hydrogens (primary N) is 1. The summed E-state index contributed by atoms with van der Waals surface area (Å²) in [5, 5.41) is 16.2. The predicted octanol–water partition coefficient (Wildman–Crippen LogP) is 2.27. The summed E-state index contributed by atoms with van der Waals surface area (Å²) in [7, 11) is 1.27. The number of methoxy groups -OCH3 is 1. The summed E-state index contributed by atoms with van der Waals surface area (Å²) in [5.74, 6) is -0.931. The molecule has 0 aliphatic rings. The first-order valence-electron chi connectivity index (χ1n) is 4.60. The molecule has 1 heterocycles. The molecule has 7 heteroatoms. The minimum Gasteiger partial charge on any atom is -0.504 e. The Labute approximate surface area is 105 Å². The van der Waals surface area contributed by atoms with Crippen molar-refractivity contribution in [2.75, 3.05) is 12.8 Å². The van der Waals surface area contributed by atoms with E-state index in [0.29, 0.717) is 11.3 Å². The Morgan fingerprint density at radius 1 is 1.53 bits per heavy atom. The SMILES string of the molecule is COc1c(O)c(-c2cc(N)n[nH]2)cc(Br)c1F. The van der Waals surface area contributed by atoms with Crippen molar-refractivity contribution in [2.24, 2.45) is 0 Å². The topological polar surface area (TPSA) is 84.2 Å². The Morgan fingerprint density at radius 3 is 2.76 bits per heavy atom. The van der Waals surface area contributed by atoms with Crippen molar-refractivity contribution in [3.8, 4) is 22.8 Å². The van der Waals surface area contributed by atoms with Gasteiger partial charge in [0, 0.05) is 11.6 Å². The van der Waals surface area contributed by atoms with Gasteiger partial charge in [-0.05, 0) is 22.0 Å². The second-order valence-electron chi connectivity index (χ2n) is 3.31. The molecule has 4 N–H and O–H groups in total. The number of ether oxygens (including phenoxy) is 1. The molecule has 0 unspecified atom stereocenters. The number of rotatable bonds is 2. The van der Waals surface area contributed by atoms with Crippen molar-refractivity contribution in [2.45, 2.75) is 0 Å². The van der Waals surface area contributed by atoms with Crippen LogP contribution >= 0.6 is 15.9 Å². The molecule has 0 radical (unpaired) electrons. The number of phenols is 1. The van der Waals surface area contributed by atoms with E-state index in [1.54, 1.807) is 0 Å². The van der Waals surface area contributed by atoms with Crippen LogP contribution in [0.1, 0.15) is 0 Å². The Hall–Kier alpha value is -1.76. The van der Waals surface area contributed by atoms with E-state index in [2.05, 4.69) is 26.1 Å². The fourth-order valence-corrected chi connectivity index (χ4v) is 1.87. The normalized spacial score (nSPS) is 10.5. The van der Waals surface area contributed by atoms with Crippen LogP contribution in [0.15, 0.2) is 16.6 Å². The Bertz CT molecular complexity index is 571. The molecule has 0 amide bonds. The molecule has 17 heavy (non-hydrogen) atoms. The first-order valence-corrected chi connectivity index (χ1v) is 5.40. The van der Waals surface area contributed by atoms with Crippen LogP contribution in [0.4, 0.5) is 10.2 Å². The molecular weight excluding hydrogens is 293 g/mol. The quantitative estimate of drug-likeness (QED) is 0.794. The van der Waals surface area contributed by atoms with Gasteiger partial charge in [0.2, 0.25) is 0 Å². The number of nitrogen functional groups attached to an aromatic ring is 1. The molecule has 0 bridgehead atoms. The Balaban J connectivity index is 2.67. The number of phenolic OH excluding ortho intramolecular Hbond substituents is 1. The van der Waals surface area contributed by atoms with Crippen LogP contribution in [-0.2, 0) is 0 Å². The number of nitrogens with one attached hydrogen (secondary N) is 1. The molecule has 5 nitrogen and oxygen atoms in total. The number of hydrogen-bond donors (Lipinski definition) is 3. The zero-order chi connectivity index (χ0) is 12.6. The van der Waals surface area contributed by atoms with Crippen molar-refractivity contribution in [3.05, 3.63) is 22.4 Å². The van der Waals surface area contributed by atoms with Crippen LogP contribution in [0.2, 0.25) is 0 Å². The molecule has 0 aliphatic carbocycles. The maximum Gasteiger partial charge on any atom is 0.198 e. The summed E-state index contributed by atoms with van der Waals surface area (Å²) in [6.45, 7) is 0. The van der Waals surface area contributed by atoms with Crippen LogP contribution < -0.4 is 10.5 Å². The lowest BCUT2D eigenvalue weighted by molar-refractivity contribution is 0.351. The Kier molecular flexibility index (Phi) is 2.93. The Morgan fingerprint density at radius 2 is 2.24 bits per heavy atom. The van der Waals surface area contributed by atoms with Gasteiger partial charge < -0.3 is 15.6 Å². The lowest BCUT2D eigenvalue weighted by atomic mass is 10.1. The molecule has 0 fully saturated rings. The molecule has 0 atom stereocenters. The van der Waals surface area contributed by atoms with Gasteiger partial charge in [-0.3, -0.25) is 5.10 Å². The van der Waals surface area contributed by atoms with Crippen LogP contribution in [-0.4, -0.2) is 22.4 Å². The highest BCUT2D eigenvalue weighted by Gasteiger charge is 2.19. The zero-order valence-electron chi connectivity index (χ0n) is 8.79. The van der Waals surface area contributed by atoms with E-state index in [1.807, 2.05) is 0 Å². The number of benzene rings is 1. The van der Waals surface area contributed by atoms with Crippen LogP contribution in [0, 0.1) is 5.82 Å². The molecule has 0 spiro atoms. The average molecular weight is 302 g/mol. The van der Waals surface area contributed by atoms with Gasteiger partial charge in [-0.15, -0.1) is 0 Å². The third-order valence-electron chi connectivity index (χ3n) is 2.24. The molecule has 1 aromatic carbocycles. The molecule has 0 saturated carbocycles. The van der Waals surface area contributed by atoms with E-state index in [-0.39, 0.29) is 21.8 Å². The number of aromatic nitrogens is 2. The van der Waals surface area contributed by atoms with E-state index in [0.717, 1.165) is 0 Å². The minimum atomic E-state index is -0.666. The molecule has 0 saturated heterocycles. The largest absolute Gasteiger partial charge is 0.504 e. The fraction of sp³-hybridized carbons (Fsp3) is 0.100. The van der Waals surface area contributed by atoms with Crippen LogP contribution in [0.25, 0.3) is 11.3 Å². The van der Waals surface area contributed by atoms with Crippen molar-refractivity contribution in [1.29, 1.82) is 0 Å². The van der Waals surface area contributed by atoms with E-state index in [1.165, 1.54) is 19.2 Å². The highest BCUT2D eigenvalue weighted by atomic mass is 79.9. The van der Waals surface area contributed by atoms with Gasteiger partial charge in [-0.25, -0.2) is 4.39 Å². The van der Waals surface area contributed by atoms with Crippen LogP contribution in [0.3, 0.4) is 0 Å². The number of halogens is 2. The van der Waals surface area contributed by atoms with Crippen molar-refractivity contribution in [3.63, 3.8) is 0 Å². The van der Waals surface area contributed by atoms with Gasteiger partial charge in [-0.2, -0.15) is 5.10 Å². The van der Waals surface area contributed by atoms with Gasteiger partial charge >= 0.3 is 0 Å². The molecule has 2 aromatic rings. The monoisotopic (exact) mass is 301 g/mol. The summed E-state index contributed by atoms with van der Waals surface area (Å²) < 4.78 is 18.6. The summed E-state index contributed by atoms with van der Waals surface area (Å²) in [5.41, 5.74) is 6.28. The van der Waals surface area contributed by atoms with E-state index >= 15 is 0 Å². The summed E-state index contributed by atoms with van der Waals surface area (Å²) in [6, 6.07) is 2.94. The highest BCUT2D eigenvalue weighted by Crippen LogP contribution is 2.42. The van der Waals surface area contributed by atoms with Crippen molar-refractivity contribution < 1.29 is 14.2 Å². The van der Waals surface area contributed by atoms with Gasteiger partial charge in [0.15, 0.2) is 17.3 Å². The first kappa shape index (κ1) is 11.7. The number of H-pyrrole nitrogens is 1. The first-order chi connectivity index (χ1) is 8.04. The second-order valence-corrected chi connectivity index (χ2v) is 4.16.